The largest absolute Gasteiger partial charge is 0.324 e. The van der Waals surface area contributed by atoms with E-state index in [-0.39, 0.29) is 11.4 Å². The van der Waals surface area contributed by atoms with E-state index >= 15 is 0 Å². The van der Waals surface area contributed by atoms with E-state index in [0.717, 1.165) is 0 Å². The Hall–Kier alpha value is -1.16. The van der Waals surface area contributed by atoms with E-state index in [1.165, 1.54) is 24.3 Å². The Balaban J connectivity index is 2.31. The van der Waals surface area contributed by atoms with Gasteiger partial charge in [0, 0.05) is 16.6 Å². The van der Waals surface area contributed by atoms with Gasteiger partial charge in [-0.25, -0.2) is 8.78 Å². The molecule has 0 saturated carbocycles. The van der Waals surface area contributed by atoms with Gasteiger partial charge in [0.25, 0.3) is 0 Å². The van der Waals surface area contributed by atoms with Gasteiger partial charge in [-0.15, -0.1) is 0 Å². The zero-order valence-corrected chi connectivity index (χ0v) is 11.3. The second-order valence-corrected chi connectivity index (χ2v) is 4.94. The average Bonchev–Trinajstić information content (AvgIpc) is 2.37. The molecule has 0 aliphatic carbocycles. The summed E-state index contributed by atoms with van der Waals surface area (Å²) in [6.07, 6.45) is 0.148. The molecule has 2 aromatic carbocycles. The lowest BCUT2D eigenvalue weighted by Crippen LogP contribution is -2.15. The summed E-state index contributed by atoms with van der Waals surface area (Å²) < 4.78 is 27.0. The van der Waals surface area contributed by atoms with E-state index in [9.17, 15) is 8.78 Å². The second kappa shape index (κ2) is 5.87. The molecular weight excluding hydrogens is 291 g/mol. The van der Waals surface area contributed by atoms with E-state index in [1.54, 1.807) is 12.1 Å². The van der Waals surface area contributed by atoms with Crippen LogP contribution in [0.4, 0.5) is 8.78 Å². The van der Waals surface area contributed by atoms with Gasteiger partial charge in [0.1, 0.15) is 11.6 Å². The molecule has 0 spiro atoms. The first-order valence-corrected chi connectivity index (χ1v) is 6.38. The molecule has 1 atom stereocenters. The number of hydrogen-bond acceptors (Lipinski definition) is 1. The van der Waals surface area contributed by atoms with Gasteiger partial charge in [-0.2, -0.15) is 0 Å². The van der Waals surface area contributed by atoms with Crippen molar-refractivity contribution in [2.75, 3.05) is 0 Å². The minimum atomic E-state index is -0.627. The van der Waals surface area contributed by atoms with Gasteiger partial charge in [0.05, 0.1) is 5.02 Å². The predicted molar refractivity (Wildman–Crippen MR) is 73.5 cm³/mol. The van der Waals surface area contributed by atoms with Crippen LogP contribution in [0, 0.1) is 11.6 Å². The molecule has 2 aromatic rings. The first kappa shape index (κ1) is 14.3. The van der Waals surface area contributed by atoms with Gasteiger partial charge in [0.15, 0.2) is 0 Å². The van der Waals surface area contributed by atoms with Crippen molar-refractivity contribution in [1.82, 2.24) is 0 Å². The maximum absolute atomic E-state index is 13.7. The highest BCUT2D eigenvalue weighted by atomic mass is 35.5. The SMILES string of the molecule is NC(Cc1c(F)cccc1Cl)c1cccc(F)c1Cl. The Morgan fingerprint density at radius 3 is 2.32 bits per heavy atom. The highest BCUT2D eigenvalue weighted by molar-refractivity contribution is 6.32. The molecule has 1 unspecified atom stereocenters. The molecule has 0 aliphatic rings. The third-order valence-corrected chi connectivity index (χ3v) is 3.62. The number of nitrogens with two attached hydrogens (primary N) is 1. The van der Waals surface area contributed by atoms with E-state index < -0.39 is 17.7 Å². The summed E-state index contributed by atoms with van der Waals surface area (Å²) in [4.78, 5) is 0. The lowest BCUT2D eigenvalue weighted by molar-refractivity contribution is 0.589. The van der Waals surface area contributed by atoms with Gasteiger partial charge in [-0.05, 0) is 30.2 Å². The van der Waals surface area contributed by atoms with Crippen LogP contribution in [0.5, 0.6) is 0 Å². The van der Waals surface area contributed by atoms with Crippen molar-refractivity contribution in [1.29, 1.82) is 0 Å². The van der Waals surface area contributed by atoms with Crippen molar-refractivity contribution < 1.29 is 8.78 Å². The average molecular weight is 302 g/mol. The molecule has 2 rings (SSSR count). The van der Waals surface area contributed by atoms with Gasteiger partial charge in [-0.1, -0.05) is 41.4 Å². The third kappa shape index (κ3) is 3.06. The van der Waals surface area contributed by atoms with Crippen LogP contribution >= 0.6 is 23.2 Å². The smallest absolute Gasteiger partial charge is 0.142 e. The van der Waals surface area contributed by atoms with E-state index in [0.29, 0.717) is 16.1 Å². The highest BCUT2D eigenvalue weighted by Crippen LogP contribution is 2.29. The van der Waals surface area contributed by atoms with Gasteiger partial charge >= 0.3 is 0 Å². The van der Waals surface area contributed by atoms with Crippen molar-refractivity contribution in [3.63, 3.8) is 0 Å². The van der Waals surface area contributed by atoms with Crippen molar-refractivity contribution in [3.05, 3.63) is 69.2 Å². The number of halogens is 4. The summed E-state index contributed by atoms with van der Waals surface area (Å²) in [7, 11) is 0. The Morgan fingerprint density at radius 1 is 1.00 bits per heavy atom. The van der Waals surface area contributed by atoms with Crippen molar-refractivity contribution >= 4 is 23.2 Å². The summed E-state index contributed by atoms with van der Waals surface area (Å²) >= 11 is 11.8. The predicted octanol–water partition coefficient (Wildman–Crippen LogP) is 4.51. The van der Waals surface area contributed by atoms with Crippen LogP contribution in [-0.2, 0) is 6.42 Å². The molecule has 2 N–H and O–H groups in total. The zero-order chi connectivity index (χ0) is 14.0. The fraction of sp³-hybridized carbons (Fsp3) is 0.143. The molecule has 0 saturated heterocycles. The first-order valence-electron chi connectivity index (χ1n) is 5.63. The summed E-state index contributed by atoms with van der Waals surface area (Å²) in [6, 6.07) is 8.15. The van der Waals surface area contributed by atoms with Crippen LogP contribution in [0.2, 0.25) is 10.0 Å². The molecule has 100 valence electrons. The minimum absolute atomic E-state index is 0.0394. The molecule has 0 heterocycles. The molecule has 0 bridgehead atoms. The summed E-state index contributed by atoms with van der Waals surface area (Å²) in [6.45, 7) is 0. The molecule has 0 aromatic heterocycles. The van der Waals surface area contributed by atoms with Gasteiger partial charge in [-0.3, -0.25) is 0 Å². The lowest BCUT2D eigenvalue weighted by Gasteiger charge is -2.15. The van der Waals surface area contributed by atoms with Crippen LogP contribution in [0.15, 0.2) is 36.4 Å². The maximum Gasteiger partial charge on any atom is 0.142 e. The van der Waals surface area contributed by atoms with Gasteiger partial charge < -0.3 is 5.73 Å². The normalized spacial score (nSPS) is 12.5. The molecule has 0 fully saturated rings. The minimum Gasteiger partial charge on any atom is -0.324 e. The first-order chi connectivity index (χ1) is 9.00. The molecule has 1 nitrogen and oxygen atoms in total. The molecule has 0 aliphatic heterocycles. The van der Waals surface area contributed by atoms with E-state index in [2.05, 4.69) is 0 Å². The summed E-state index contributed by atoms with van der Waals surface area (Å²) in [5.74, 6) is -0.982. The number of hydrogen-bond donors (Lipinski definition) is 1. The molecule has 19 heavy (non-hydrogen) atoms. The number of rotatable bonds is 3. The second-order valence-electron chi connectivity index (χ2n) is 4.15. The highest BCUT2D eigenvalue weighted by Gasteiger charge is 2.17. The van der Waals surface area contributed by atoms with E-state index in [1.807, 2.05) is 0 Å². The van der Waals surface area contributed by atoms with Crippen molar-refractivity contribution in [2.24, 2.45) is 5.73 Å². The van der Waals surface area contributed by atoms with Crippen LogP contribution in [0.3, 0.4) is 0 Å². The van der Waals surface area contributed by atoms with Crippen LogP contribution < -0.4 is 5.73 Å². The van der Waals surface area contributed by atoms with Crippen molar-refractivity contribution in [2.45, 2.75) is 12.5 Å². The van der Waals surface area contributed by atoms with Crippen molar-refractivity contribution in [3.8, 4) is 0 Å². The molecule has 0 amide bonds. The molecule has 0 radical (unpaired) electrons. The Kier molecular flexibility index (Phi) is 4.40. The fourth-order valence-electron chi connectivity index (χ4n) is 1.86. The molecular formula is C14H11Cl2F2N. The lowest BCUT2D eigenvalue weighted by atomic mass is 9.99. The van der Waals surface area contributed by atoms with Crippen LogP contribution in [0.25, 0.3) is 0 Å². The van der Waals surface area contributed by atoms with Crippen LogP contribution in [0.1, 0.15) is 17.2 Å². The third-order valence-electron chi connectivity index (χ3n) is 2.87. The Bertz CT molecular complexity index is 582. The Labute approximate surface area is 119 Å². The standard InChI is InChI=1S/C14H11Cl2F2N/c15-10-4-2-5-11(17)9(10)7-13(19)8-3-1-6-12(18)14(8)16/h1-6,13H,7,19H2. The monoisotopic (exact) mass is 301 g/mol. The maximum atomic E-state index is 13.7. The van der Waals surface area contributed by atoms with Gasteiger partial charge in [0.2, 0.25) is 0 Å². The topological polar surface area (TPSA) is 26.0 Å². The number of benzene rings is 2. The zero-order valence-electron chi connectivity index (χ0n) is 9.84. The molecule has 5 heteroatoms. The quantitative estimate of drug-likeness (QED) is 0.886. The van der Waals surface area contributed by atoms with Crippen LogP contribution in [-0.4, -0.2) is 0 Å². The summed E-state index contributed by atoms with van der Waals surface area (Å²) in [5.41, 5.74) is 6.69. The van der Waals surface area contributed by atoms with E-state index in [4.69, 9.17) is 28.9 Å². The summed E-state index contributed by atoms with van der Waals surface area (Å²) in [5, 5.41) is 0.255. The Morgan fingerprint density at radius 2 is 1.63 bits per heavy atom. The fourth-order valence-corrected chi connectivity index (χ4v) is 2.37.